The minimum Gasteiger partial charge on any atom is -0.395 e. The van der Waals surface area contributed by atoms with E-state index in [-0.39, 0.29) is 12.5 Å². The van der Waals surface area contributed by atoms with Crippen LogP contribution < -0.4 is 5.32 Å². The summed E-state index contributed by atoms with van der Waals surface area (Å²) in [5.41, 5.74) is 0.615. The Hall–Kier alpha value is -2.10. The Morgan fingerprint density at radius 2 is 2.45 bits per heavy atom. The molecule has 2 rings (SSSR count). The van der Waals surface area contributed by atoms with Crippen molar-refractivity contribution in [2.75, 3.05) is 13.2 Å². The molecule has 2 N–H and O–H groups in total. The van der Waals surface area contributed by atoms with Crippen LogP contribution in [0.1, 0.15) is 21.7 Å². The van der Waals surface area contributed by atoms with Crippen molar-refractivity contribution in [3.8, 4) is 11.8 Å². The summed E-state index contributed by atoms with van der Waals surface area (Å²) in [5, 5.41) is 17.3. The van der Waals surface area contributed by atoms with Crippen LogP contribution in [-0.2, 0) is 6.54 Å². The molecular weight excluding hydrogens is 274 g/mol. The van der Waals surface area contributed by atoms with E-state index in [2.05, 4.69) is 22.3 Å². The summed E-state index contributed by atoms with van der Waals surface area (Å²) < 4.78 is 1.76. The Balaban J connectivity index is 1.82. The molecule has 2 heterocycles. The first-order valence-corrected chi connectivity index (χ1v) is 7.11. The van der Waals surface area contributed by atoms with Gasteiger partial charge in [-0.1, -0.05) is 11.8 Å². The van der Waals surface area contributed by atoms with Gasteiger partial charge in [-0.25, -0.2) is 0 Å². The van der Waals surface area contributed by atoms with Gasteiger partial charge in [0, 0.05) is 30.7 Å². The lowest BCUT2D eigenvalue weighted by Crippen LogP contribution is -2.26. The summed E-state index contributed by atoms with van der Waals surface area (Å²) in [6.45, 7) is 1.23. The maximum atomic E-state index is 11.9. The van der Waals surface area contributed by atoms with Crippen molar-refractivity contribution in [1.29, 1.82) is 0 Å². The minimum atomic E-state index is -0.108. The Morgan fingerprint density at radius 1 is 1.55 bits per heavy atom. The first kappa shape index (κ1) is 14.3. The fourth-order valence-electron chi connectivity index (χ4n) is 1.55. The number of nitrogens with one attached hydrogen (secondary N) is 1. The van der Waals surface area contributed by atoms with E-state index >= 15 is 0 Å². The van der Waals surface area contributed by atoms with Crippen molar-refractivity contribution in [1.82, 2.24) is 15.1 Å². The molecule has 0 saturated heterocycles. The Morgan fingerprint density at radius 3 is 3.20 bits per heavy atom. The highest BCUT2D eigenvalue weighted by molar-refractivity contribution is 7.10. The maximum Gasteiger partial charge on any atom is 0.252 e. The van der Waals surface area contributed by atoms with Gasteiger partial charge >= 0.3 is 0 Å². The molecular formula is C14H15N3O2S. The molecule has 0 atom stereocenters. The maximum absolute atomic E-state index is 11.9. The molecule has 20 heavy (non-hydrogen) atoms. The van der Waals surface area contributed by atoms with Crippen LogP contribution in [0.15, 0.2) is 29.9 Å². The molecule has 5 nitrogen and oxygen atoms in total. The zero-order valence-corrected chi connectivity index (χ0v) is 11.7. The van der Waals surface area contributed by atoms with E-state index in [9.17, 15) is 4.79 Å². The van der Waals surface area contributed by atoms with Crippen molar-refractivity contribution >= 4 is 17.2 Å². The van der Waals surface area contributed by atoms with E-state index in [4.69, 9.17) is 5.11 Å². The molecule has 2 aromatic heterocycles. The highest BCUT2D eigenvalue weighted by Crippen LogP contribution is 2.13. The van der Waals surface area contributed by atoms with E-state index < -0.39 is 0 Å². The standard InChI is InChI=1S/C14H15N3O2S/c18-9-2-1-4-13-10-12(11-20-13)14(19)15-6-8-17-7-3-5-16-17/h3,5,7,10-11,18H,2,6,8-9H2,(H,15,19). The fourth-order valence-corrected chi connectivity index (χ4v) is 2.30. The van der Waals surface area contributed by atoms with Gasteiger partial charge in [0.25, 0.3) is 5.91 Å². The monoisotopic (exact) mass is 289 g/mol. The van der Waals surface area contributed by atoms with Crippen LogP contribution in [0.2, 0.25) is 0 Å². The molecule has 0 aromatic carbocycles. The van der Waals surface area contributed by atoms with Crippen molar-refractivity contribution in [2.24, 2.45) is 0 Å². The third kappa shape index (κ3) is 4.23. The quantitative estimate of drug-likeness (QED) is 0.810. The van der Waals surface area contributed by atoms with Gasteiger partial charge in [-0.3, -0.25) is 9.48 Å². The van der Waals surface area contributed by atoms with Crippen LogP contribution in [0.5, 0.6) is 0 Å². The van der Waals surface area contributed by atoms with Crippen molar-refractivity contribution in [2.45, 2.75) is 13.0 Å². The van der Waals surface area contributed by atoms with Gasteiger partial charge in [0.15, 0.2) is 0 Å². The predicted octanol–water partition coefficient (Wildman–Crippen LogP) is 1.11. The van der Waals surface area contributed by atoms with Crippen LogP contribution in [-0.4, -0.2) is 33.9 Å². The van der Waals surface area contributed by atoms with E-state index in [1.54, 1.807) is 22.3 Å². The first-order chi connectivity index (χ1) is 9.79. The summed E-state index contributed by atoms with van der Waals surface area (Å²) in [6, 6.07) is 3.61. The number of aromatic nitrogens is 2. The number of amides is 1. The first-order valence-electron chi connectivity index (χ1n) is 6.23. The van der Waals surface area contributed by atoms with Crippen LogP contribution >= 0.6 is 11.3 Å². The van der Waals surface area contributed by atoms with Gasteiger partial charge < -0.3 is 10.4 Å². The van der Waals surface area contributed by atoms with Crippen LogP contribution in [0.4, 0.5) is 0 Å². The summed E-state index contributed by atoms with van der Waals surface area (Å²) >= 11 is 1.43. The molecule has 0 aliphatic carbocycles. The van der Waals surface area contributed by atoms with Crippen LogP contribution in [0, 0.1) is 11.8 Å². The third-order valence-corrected chi connectivity index (χ3v) is 3.34. The molecule has 2 aromatic rings. The summed E-state index contributed by atoms with van der Waals surface area (Å²) in [6.07, 6.45) is 4.01. The molecule has 0 spiro atoms. The Kier molecular flexibility index (Phi) is 5.35. The number of carbonyl (C=O) groups is 1. The number of aliphatic hydroxyl groups is 1. The van der Waals surface area contributed by atoms with E-state index in [1.807, 2.05) is 12.3 Å². The molecule has 0 fully saturated rings. The van der Waals surface area contributed by atoms with Gasteiger partial charge in [-0.15, -0.1) is 11.3 Å². The highest BCUT2D eigenvalue weighted by Gasteiger charge is 2.07. The number of hydrogen-bond donors (Lipinski definition) is 2. The summed E-state index contributed by atoms with van der Waals surface area (Å²) in [5.74, 6) is 5.64. The molecule has 0 aliphatic rings. The minimum absolute atomic E-state index is 0.0547. The number of thiophene rings is 1. The normalized spacial score (nSPS) is 9.85. The summed E-state index contributed by atoms with van der Waals surface area (Å²) in [7, 11) is 0. The van der Waals surface area contributed by atoms with Gasteiger partial charge in [0.1, 0.15) is 0 Å². The second kappa shape index (κ2) is 7.48. The van der Waals surface area contributed by atoms with Crippen molar-refractivity contribution in [3.63, 3.8) is 0 Å². The predicted molar refractivity (Wildman–Crippen MR) is 77.5 cm³/mol. The second-order valence-electron chi connectivity index (χ2n) is 4.00. The Bertz CT molecular complexity index is 608. The topological polar surface area (TPSA) is 67.2 Å². The third-order valence-electron chi connectivity index (χ3n) is 2.50. The van der Waals surface area contributed by atoms with Gasteiger partial charge in [-0.05, 0) is 12.1 Å². The lowest BCUT2D eigenvalue weighted by atomic mass is 10.3. The highest BCUT2D eigenvalue weighted by atomic mass is 32.1. The molecule has 0 aliphatic heterocycles. The van der Waals surface area contributed by atoms with Crippen molar-refractivity contribution in [3.05, 3.63) is 40.3 Å². The Labute approximate surface area is 121 Å². The number of aliphatic hydroxyl groups excluding tert-OH is 1. The zero-order valence-electron chi connectivity index (χ0n) is 10.9. The smallest absolute Gasteiger partial charge is 0.252 e. The average molecular weight is 289 g/mol. The van der Waals surface area contributed by atoms with E-state index in [1.165, 1.54) is 11.3 Å². The van der Waals surface area contributed by atoms with E-state index in [0.717, 1.165) is 4.88 Å². The lowest BCUT2D eigenvalue weighted by Gasteiger charge is -2.03. The molecule has 0 bridgehead atoms. The lowest BCUT2D eigenvalue weighted by molar-refractivity contribution is 0.0952. The number of rotatable bonds is 5. The largest absolute Gasteiger partial charge is 0.395 e. The zero-order chi connectivity index (χ0) is 14.2. The molecule has 0 radical (unpaired) electrons. The molecule has 1 amide bonds. The fraction of sp³-hybridized carbons (Fsp3) is 0.286. The molecule has 0 unspecified atom stereocenters. The van der Waals surface area contributed by atoms with E-state index in [0.29, 0.717) is 25.1 Å². The number of nitrogens with zero attached hydrogens (tertiary/aromatic N) is 2. The number of carbonyl (C=O) groups excluding carboxylic acids is 1. The summed E-state index contributed by atoms with van der Waals surface area (Å²) in [4.78, 5) is 12.7. The second-order valence-corrected chi connectivity index (χ2v) is 4.91. The molecule has 104 valence electrons. The molecule has 6 heteroatoms. The van der Waals surface area contributed by atoms with Gasteiger partial charge in [0.2, 0.25) is 0 Å². The average Bonchev–Trinajstić information content (AvgIpc) is 3.10. The van der Waals surface area contributed by atoms with Crippen LogP contribution in [0.3, 0.4) is 0 Å². The van der Waals surface area contributed by atoms with Crippen molar-refractivity contribution < 1.29 is 9.90 Å². The SMILES string of the molecule is O=C(NCCn1cccn1)c1csc(C#CCCO)c1. The molecule has 0 saturated carbocycles. The van der Waals surface area contributed by atoms with Gasteiger partial charge in [0.05, 0.1) is 23.6 Å². The van der Waals surface area contributed by atoms with Crippen LogP contribution in [0.25, 0.3) is 0 Å². The number of hydrogen-bond acceptors (Lipinski definition) is 4. The van der Waals surface area contributed by atoms with Gasteiger partial charge in [-0.2, -0.15) is 5.10 Å².